The Kier molecular flexibility index (Phi) is 5.03. The maximum absolute atomic E-state index is 11.6. The molecule has 1 fully saturated rings. The smallest absolute Gasteiger partial charge is 0.317 e. The topological polar surface area (TPSA) is 32.3 Å². The summed E-state index contributed by atoms with van der Waals surface area (Å²) in [5.41, 5.74) is 0. The van der Waals surface area contributed by atoms with Gasteiger partial charge in [0.05, 0.1) is 0 Å². The highest BCUT2D eigenvalue weighted by molar-refractivity contribution is 5.74. The quantitative estimate of drug-likeness (QED) is 0.545. The summed E-state index contributed by atoms with van der Waals surface area (Å²) >= 11 is 0. The highest BCUT2D eigenvalue weighted by Gasteiger charge is 2.19. The van der Waals surface area contributed by atoms with E-state index in [-0.39, 0.29) is 6.03 Å². The lowest BCUT2D eigenvalue weighted by Gasteiger charge is -2.30. The van der Waals surface area contributed by atoms with Crippen molar-refractivity contribution in [3.8, 4) is 11.8 Å². The van der Waals surface area contributed by atoms with E-state index in [1.807, 2.05) is 11.8 Å². The Labute approximate surface area is 92.2 Å². The molecule has 15 heavy (non-hydrogen) atoms. The molecule has 0 aromatic heterocycles. The number of rotatable bonds is 2. The van der Waals surface area contributed by atoms with Crippen LogP contribution in [0.5, 0.6) is 0 Å². The molecule has 1 rings (SSSR count). The maximum Gasteiger partial charge on any atom is 0.317 e. The molecule has 84 valence electrons. The van der Waals surface area contributed by atoms with Gasteiger partial charge in [0.25, 0.3) is 0 Å². The van der Waals surface area contributed by atoms with Crippen molar-refractivity contribution in [1.82, 2.24) is 10.2 Å². The fraction of sp³-hybridized carbons (Fsp3) is 0.750. The fourth-order valence-electron chi connectivity index (χ4n) is 1.68. The highest BCUT2D eigenvalue weighted by Crippen LogP contribution is 2.15. The van der Waals surface area contributed by atoms with Crippen LogP contribution in [0.25, 0.3) is 0 Å². The Morgan fingerprint density at radius 3 is 2.73 bits per heavy atom. The first kappa shape index (κ1) is 11.9. The molecule has 3 heteroatoms. The molecule has 0 aromatic rings. The van der Waals surface area contributed by atoms with Gasteiger partial charge < -0.3 is 10.2 Å². The number of carbonyl (C=O) groups excluding carboxylic acids is 1. The largest absolute Gasteiger partial charge is 0.337 e. The average Bonchev–Trinajstić information content (AvgIpc) is 2.25. The number of nitrogens with one attached hydrogen (secondary N) is 1. The van der Waals surface area contributed by atoms with Crippen molar-refractivity contribution >= 4 is 6.03 Å². The Hall–Kier alpha value is -1.17. The first-order valence-corrected chi connectivity index (χ1v) is 5.66. The first-order chi connectivity index (χ1) is 7.24. The minimum atomic E-state index is 0.0693. The summed E-state index contributed by atoms with van der Waals surface area (Å²) in [6.45, 7) is 6.50. The van der Waals surface area contributed by atoms with E-state index < -0.39 is 0 Å². The summed E-state index contributed by atoms with van der Waals surface area (Å²) < 4.78 is 0. The Morgan fingerprint density at radius 1 is 1.47 bits per heavy atom. The maximum atomic E-state index is 11.6. The summed E-state index contributed by atoms with van der Waals surface area (Å²) in [4.78, 5) is 13.5. The van der Waals surface area contributed by atoms with Gasteiger partial charge in [0.2, 0.25) is 0 Å². The van der Waals surface area contributed by atoms with Crippen molar-refractivity contribution < 1.29 is 4.79 Å². The number of likely N-dealkylation sites (tertiary alicyclic amines) is 1. The molecule has 1 saturated heterocycles. The van der Waals surface area contributed by atoms with Crippen LogP contribution < -0.4 is 5.32 Å². The average molecular weight is 208 g/mol. The summed E-state index contributed by atoms with van der Waals surface area (Å²) in [6.07, 6.45) is 3.00. The molecule has 1 aliphatic rings. The lowest BCUT2D eigenvalue weighted by Crippen LogP contribution is -2.44. The van der Waals surface area contributed by atoms with Crippen LogP contribution in [-0.4, -0.2) is 30.6 Å². The van der Waals surface area contributed by atoms with Gasteiger partial charge in [-0.1, -0.05) is 6.92 Å². The normalized spacial score (nSPS) is 16.8. The van der Waals surface area contributed by atoms with Crippen LogP contribution in [0.2, 0.25) is 0 Å². The van der Waals surface area contributed by atoms with Crippen LogP contribution in [0.15, 0.2) is 0 Å². The number of hydrogen-bond acceptors (Lipinski definition) is 1. The number of nitrogens with zero attached hydrogens (tertiary/aromatic N) is 1. The van der Waals surface area contributed by atoms with Gasteiger partial charge in [-0.2, -0.15) is 0 Å². The lowest BCUT2D eigenvalue weighted by atomic mass is 10.00. The zero-order chi connectivity index (χ0) is 11.1. The standard InChI is InChI=1S/C12H20N2O/c1-3-4-5-8-13-12(15)14-9-6-11(2)7-10-14/h11H,5-10H2,1-2H3,(H,13,15). The molecule has 1 aliphatic heterocycles. The van der Waals surface area contributed by atoms with E-state index in [1.54, 1.807) is 0 Å². The molecule has 0 aliphatic carbocycles. The first-order valence-electron chi connectivity index (χ1n) is 5.66. The third-order valence-corrected chi connectivity index (χ3v) is 2.77. The van der Waals surface area contributed by atoms with Gasteiger partial charge in [0.1, 0.15) is 0 Å². The van der Waals surface area contributed by atoms with E-state index in [4.69, 9.17) is 0 Å². The Balaban J connectivity index is 2.18. The molecule has 0 saturated carbocycles. The van der Waals surface area contributed by atoms with Gasteiger partial charge in [-0.05, 0) is 25.7 Å². The second-order valence-electron chi connectivity index (χ2n) is 4.08. The predicted molar refractivity (Wildman–Crippen MR) is 61.4 cm³/mol. The van der Waals surface area contributed by atoms with Crippen LogP contribution in [0.1, 0.15) is 33.1 Å². The van der Waals surface area contributed by atoms with Gasteiger partial charge in [0, 0.05) is 26.1 Å². The van der Waals surface area contributed by atoms with Crippen molar-refractivity contribution in [2.24, 2.45) is 5.92 Å². The Bertz CT molecular complexity index is 257. The summed E-state index contributed by atoms with van der Waals surface area (Å²) in [5.74, 6) is 6.51. The molecule has 0 radical (unpaired) electrons. The second kappa shape index (κ2) is 6.34. The number of amides is 2. The molecule has 1 heterocycles. The molecular weight excluding hydrogens is 188 g/mol. The van der Waals surface area contributed by atoms with E-state index in [0.29, 0.717) is 6.54 Å². The number of piperidine rings is 1. The molecule has 0 bridgehead atoms. The molecule has 0 aromatic carbocycles. The summed E-state index contributed by atoms with van der Waals surface area (Å²) in [7, 11) is 0. The van der Waals surface area contributed by atoms with Gasteiger partial charge in [-0.3, -0.25) is 0 Å². The molecule has 0 atom stereocenters. The van der Waals surface area contributed by atoms with Gasteiger partial charge in [-0.25, -0.2) is 4.79 Å². The molecule has 1 N–H and O–H groups in total. The zero-order valence-electron chi connectivity index (χ0n) is 9.68. The van der Waals surface area contributed by atoms with Crippen LogP contribution in [0, 0.1) is 17.8 Å². The van der Waals surface area contributed by atoms with E-state index in [0.717, 1.165) is 38.3 Å². The van der Waals surface area contributed by atoms with Crippen molar-refractivity contribution in [2.75, 3.05) is 19.6 Å². The summed E-state index contributed by atoms with van der Waals surface area (Å²) in [5, 5.41) is 2.89. The molecular formula is C12H20N2O. The van der Waals surface area contributed by atoms with E-state index >= 15 is 0 Å². The zero-order valence-corrected chi connectivity index (χ0v) is 9.68. The minimum Gasteiger partial charge on any atom is -0.337 e. The Morgan fingerprint density at radius 2 is 2.13 bits per heavy atom. The molecule has 0 unspecified atom stereocenters. The number of carbonyl (C=O) groups is 1. The van der Waals surface area contributed by atoms with Crippen LogP contribution >= 0.6 is 0 Å². The number of hydrogen-bond donors (Lipinski definition) is 1. The second-order valence-corrected chi connectivity index (χ2v) is 4.08. The van der Waals surface area contributed by atoms with Gasteiger partial charge in [0.15, 0.2) is 0 Å². The third-order valence-electron chi connectivity index (χ3n) is 2.77. The fourth-order valence-corrected chi connectivity index (χ4v) is 1.68. The predicted octanol–water partition coefficient (Wildman–Crippen LogP) is 1.84. The van der Waals surface area contributed by atoms with Crippen molar-refractivity contribution in [1.29, 1.82) is 0 Å². The van der Waals surface area contributed by atoms with Crippen molar-refractivity contribution in [3.63, 3.8) is 0 Å². The van der Waals surface area contributed by atoms with Crippen LogP contribution in [-0.2, 0) is 0 Å². The highest BCUT2D eigenvalue weighted by atomic mass is 16.2. The minimum absolute atomic E-state index is 0.0693. The summed E-state index contributed by atoms with van der Waals surface area (Å²) in [6, 6.07) is 0.0693. The van der Waals surface area contributed by atoms with Gasteiger partial charge in [-0.15, -0.1) is 11.8 Å². The van der Waals surface area contributed by atoms with Crippen LogP contribution in [0.3, 0.4) is 0 Å². The lowest BCUT2D eigenvalue weighted by molar-refractivity contribution is 0.174. The van der Waals surface area contributed by atoms with E-state index in [2.05, 4.69) is 24.1 Å². The van der Waals surface area contributed by atoms with Gasteiger partial charge >= 0.3 is 6.03 Å². The van der Waals surface area contributed by atoms with Crippen molar-refractivity contribution in [2.45, 2.75) is 33.1 Å². The van der Waals surface area contributed by atoms with E-state index in [9.17, 15) is 4.79 Å². The molecule has 3 nitrogen and oxygen atoms in total. The monoisotopic (exact) mass is 208 g/mol. The SMILES string of the molecule is CC#CCCNC(=O)N1CCC(C)CC1. The van der Waals surface area contributed by atoms with Crippen LogP contribution in [0.4, 0.5) is 4.79 Å². The third kappa shape index (κ3) is 4.24. The number of urea groups is 1. The van der Waals surface area contributed by atoms with Crippen molar-refractivity contribution in [3.05, 3.63) is 0 Å². The molecule has 2 amide bonds. The van der Waals surface area contributed by atoms with E-state index in [1.165, 1.54) is 0 Å². The molecule has 0 spiro atoms.